The Bertz CT molecular complexity index is 618. The highest BCUT2D eigenvalue weighted by Crippen LogP contribution is 2.33. The first-order valence-corrected chi connectivity index (χ1v) is 8.61. The van der Waals surface area contributed by atoms with Gasteiger partial charge in [-0.3, -0.25) is 0 Å². The fraction of sp³-hybridized carbons (Fsp3) is 0.692. The molecule has 0 radical (unpaired) electrons. The Kier molecular flexibility index (Phi) is 3.75. The molecule has 0 aromatic carbocycles. The van der Waals surface area contributed by atoms with E-state index in [9.17, 15) is 8.42 Å². The molecular formula is C13H20N4O3S. The van der Waals surface area contributed by atoms with E-state index in [0.717, 1.165) is 25.8 Å². The molecule has 3 rings (SSSR count). The second-order valence-electron chi connectivity index (χ2n) is 5.55. The lowest BCUT2D eigenvalue weighted by Gasteiger charge is -2.24. The highest BCUT2D eigenvalue weighted by Gasteiger charge is 2.42. The van der Waals surface area contributed by atoms with Crippen molar-refractivity contribution in [2.75, 3.05) is 32.1 Å². The van der Waals surface area contributed by atoms with Crippen molar-refractivity contribution < 1.29 is 13.2 Å². The number of rotatable bonds is 5. The molecule has 2 fully saturated rings. The van der Waals surface area contributed by atoms with E-state index in [1.165, 1.54) is 0 Å². The van der Waals surface area contributed by atoms with E-state index in [1.807, 2.05) is 4.90 Å². The summed E-state index contributed by atoms with van der Waals surface area (Å²) in [6.45, 7) is 1.37. The van der Waals surface area contributed by atoms with Crippen molar-refractivity contribution in [2.24, 2.45) is 0 Å². The molecule has 7 nitrogen and oxygen atoms in total. The molecule has 2 heterocycles. The number of aromatic nitrogens is 2. The summed E-state index contributed by atoms with van der Waals surface area (Å²) in [5.41, 5.74) is 0. The SMILES string of the molecule is COc1ccnc(N2CCC(N(C)S(=O)(=O)C3CC3)C2)n1. The molecule has 1 saturated heterocycles. The van der Waals surface area contributed by atoms with Gasteiger partial charge in [0.2, 0.25) is 21.9 Å². The Morgan fingerprint density at radius 1 is 1.38 bits per heavy atom. The maximum atomic E-state index is 12.3. The Balaban J connectivity index is 1.70. The van der Waals surface area contributed by atoms with E-state index in [-0.39, 0.29) is 11.3 Å². The number of sulfonamides is 1. The number of hydrogen-bond acceptors (Lipinski definition) is 6. The number of nitrogens with zero attached hydrogens (tertiary/aromatic N) is 4. The number of anilines is 1. The van der Waals surface area contributed by atoms with Gasteiger partial charge in [-0.2, -0.15) is 9.29 Å². The molecule has 1 saturated carbocycles. The second-order valence-corrected chi connectivity index (χ2v) is 7.82. The number of ether oxygens (including phenoxy) is 1. The Morgan fingerprint density at radius 3 is 2.81 bits per heavy atom. The van der Waals surface area contributed by atoms with Crippen LogP contribution in [0.3, 0.4) is 0 Å². The van der Waals surface area contributed by atoms with Crippen molar-refractivity contribution in [3.8, 4) is 5.88 Å². The van der Waals surface area contributed by atoms with Crippen LogP contribution in [0.25, 0.3) is 0 Å². The lowest BCUT2D eigenvalue weighted by Crippen LogP contribution is -2.40. The van der Waals surface area contributed by atoms with Gasteiger partial charge in [-0.15, -0.1) is 0 Å². The van der Waals surface area contributed by atoms with Crippen molar-refractivity contribution >= 4 is 16.0 Å². The van der Waals surface area contributed by atoms with Crippen LogP contribution < -0.4 is 9.64 Å². The van der Waals surface area contributed by atoms with Crippen molar-refractivity contribution in [3.63, 3.8) is 0 Å². The van der Waals surface area contributed by atoms with Crippen molar-refractivity contribution in [1.82, 2.24) is 14.3 Å². The van der Waals surface area contributed by atoms with E-state index in [4.69, 9.17) is 4.74 Å². The summed E-state index contributed by atoms with van der Waals surface area (Å²) in [6.07, 6.45) is 4.03. The van der Waals surface area contributed by atoms with Gasteiger partial charge in [0, 0.05) is 38.4 Å². The van der Waals surface area contributed by atoms with Gasteiger partial charge in [-0.05, 0) is 19.3 Å². The van der Waals surface area contributed by atoms with E-state index >= 15 is 0 Å². The summed E-state index contributed by atoms with van der Waals surface area (Å²) < 4.78 is 31.2. The van der Waals surface area contributed by atoms with Crippen molar-refractivity contribution in [3.05, 3.63) is 12.3 Å². The second kappa shape index (κ2) is 5.42. The summed E-state index contributed by atoms with van der Waals surface area (Å²) in [5.74, 6) is 1.11. The van der Waals surface area contributed by atoms with Crippen LogP contribution in [0, 0.1) is 0 Å². The van der Waals surface area contributed by atoms with E-state index in [0.29, 0.717) is 18.4 Å². The molecule has 116 valence electrons. The Morgan fingerprint density at radius 2 is 2.14 bits per heavy atom. The molecule has 1 aromatic rings. The quantitative estimate of drug-likeness (QED) is 0.787. The van der Waals surface area contributed by atoms with E-state index in [1.54, 1.807) is 30.7 Å². The molecule has 1 aromatic heterocycles. The minimum absolute atomic E-state index is 0.00889. The zero-order valence-electron chi connectivity index (χ0n) is 12.3. The van der Waals surface area contributed by atoms with E-state index < -0.39 is 10.0 Å². The third-order valence-corrected chi connectivity index (χ3v) is 6.55. The molecule has 0 N–H and O–H groups in total. The van der Waals surface area contributed by atoms with Crippen molar-refractivity contribution in [2.45, 2.75) is 30.6 Å². The monoisotopic (exact) mass is 312 g/mol. The van der Waals surface area contributed by atoms with E-state index in [2.05, 4.69) is 9.97 Å². The smallest absolute Gasteiger partial charge is 0.228 e. The van der Waals surface area contributed by atoms with Gasteiger partial charge in [0.15, 0.2) is 0 Å². The van der Waals surface area contributed by atoms with Gasteiger partial charge in [-0.1, -0.05) is 0 Å². The fourth-order valence-electron chi connectivity index (χ4n) is 2.63. The van der Waals surface area contributed by atoms with Crippen LogP contribution in [0.5, 0.6) is 5.88 Å². The van der Waals surface area contributed by atoms with Crippen molar-refractivity contribution in [1.29, 1.82) is 0 Å². The lowest BCUT2D eigenvalue weighted by molar-refractivity contribution is 0.388. The minimum Gasteiger partial charge on any atom is -0.481 e. The average molecular weight is 312 g/mol. The molecule has 1 aliphatic carbocycles. The third kappa shape index (κ3) is 2.82. The molecule has 21 heavy (non-hydrogen) atoms. The van der Waals surface area contributed by atoms with Crippen LogP contribution in [0.2, 0.25) is 0 Å². The standard InChI is InChI=1S/C13H20N4O3S/c1-16(21(18,19)11-3-4-11)10-6-8-17(9-10)13-14-7-5-12(15-13)20-2/h5,7,10-11H,3-4,6,8-9H2,1-2H3. The highest BCUT2D eigenvalue weighted by molar-refractivity contribution is 7.90. The topological polar surface area (TPSA) is 75.6 Å². The minimum atomic E-state index is -3.13. The number of methoxy groups -OCH3 is 1. The molecule has 1 unspecified atom stereocenters. The molecular weight excluding hydrogens is 292 g/mol. The molecule has 0 amide bonds. The number of hydrogen-bond donors (Lipinski definition) is 0. The Labute approximate surface area is 125 Å². The first-order valence-electron chi connectivity index (χ1n) is 7.11. The third-order valence-electron chi connectivity index (χ3n) is 4.13. The van der Waals surface area contributed by atoms with Gasteiger partial charge in [0.1, 0.15) is 0 Å². The Hall–Kier alpha value is -1.41. The van der Waals surface area contributed by atoms with Gasteiger partial charge in [0.25, 0.3) is 0 Å². The zero-order valence-corrected chi connectivity index (χ0v) is 13.1. The zero-order chi connectivity index (χ0) is 15.0. The lowest BCUT2D eigenvalue weighted by atomic mass is 10.3. The molecule has 8 heteroatoms. The maximum Gasteiger partial charge on any atom is 0.228 e. The van der Waals surface area contributed by atoms with Crippen LogP contribution in [-0.2, 0) is 10.0 Å². The predicted molar refractivity (Wildman–Crippen MR) is 78.9 cm³/mol. The summed E-state index contributed by atoms with van der Waals surface area (Å²) in [4.78, 5) is 10.5. The van der Waals surface area contributed by atoms with Gasteiger partial charge in [-0.25, -0.2) is 13.4 Å². The first kappa shape index (κ1) is 14.5. The summed E-state index contributed by atoms with van der Waals surface area (Å²) in [6, 6.07) is 1.69. The maximum absolute atomic E-state index is 12.3. The highest BCUT2D eigenvalue weighted by atomic mass is 32.2. The average Bonchev–Trinajstić information content (AvgIpc) is 3.25. The largest absolute Gasteiger partial charge is 0.481 e. The van der Waals surface area contributed by atoms with Gasteiger partial charge in [0.05, 0.1) is 12.4 Å². The van der Waals surface area contributed by atoms with Crippen LogP contribution in [0.4, 0.5) is 5.95 Å². The van der Waals surface area contributed by atoms with Crippen LogP contribution >= 0.6 is 0 Å². The molecule has 1 atom stereocenters. The van der Waals surface area contributed by atoms with Crippen LogP contribution in [-0.4, -0.2) is 61.2 Å². The molecule has 1 aliphatic heterocycles. The van der Waals surface area contributed by atoms with Crippen LogP contribution in [0.1, 0.15) is 19.3 Å². The molecule has 0 bridgehead atoms. The fourth-order valence-corrected chi connectivity index (χ4v) is 4.42. The van der Waals surface area contributed by atoms with Crippen LogP contribution in [0.15, 0.2) is 12.3 Å². The summed E-state index contributed by atoms with van der Waals surface area (Å²) in [7, 11) is 0.127. The van der Waals surface area contributed by atoms with Gasteiger partial charge >= 0.3 is 0 Å². The molecule has 0 spiro atoms. The predicted octanol–water partition coefficient (Wildman–Crippen LogP) is 0.488. The summed E-state index contributed by atoms with van der Waals surface area (Å²) >= 11 is 0. The van der Waals surface area contributed by atoms with Gasteiger partial charge < -0.3 is 9.64 Å². The normalized spacial score (nSPS) is 22.8. The molecule has 2 aliphatic rings. The first-order chi connectivity index (χ1) is 10.0. The number of likely N-dealkylation sites (N-methyl/N-ethyl adjacent to an activating group) is 1. The summed E-state index contributed by atoms with van der Waals surface area (Å²) in [5, 5.41) is -0.162.